The SMILES string of the molecule is O=S(=O)(NNc1ncccn1)c1ccc2oc3ccccc3c2c1. The highest BCUT2D eigenvalue weighted by Crippen LogP contribution is 2.30. The van der Waals surface area contributed by atoms with Gasteiger partial charge in [-0.2, -0.15) is 0 Å². The van der Waals surface area contributed by atoms with E-state index in [2.05, 4.69) is 20.2 Å². The summed E-state index contributed by atoms with van der Waals surface area (Å²) in [5, 5.41) is 1.60. The van der Waals surface area contributed by atoms with Gasteiger partial charge in [-0.3, -0.25) is 5.43 Å². The van der Waals surface area contributed by atoms with E-state index in [1.54, 1.807) is 18.2 Å². The summed E-state index contributed by atoms with van der Waals surface area (Å²) in [6.07, 6.45) is 3.01. The summed E-state index contributed by atoms with van der Waals surface area (Å²) in [7, 11) is -3.78. The zero-order valence-electron chi connectivity index (χ0n) is 12.3. The van der Waals surface area contributed by atoms with E-state index < -0.39 is 10.0 Å². The summed E-state index contributed by atoms with van der Waals surface area (Å²) in [6, 6.07) is 13.8. The molecule has 0 amide bonds. The first-order valence-electron chi connectivity index (χ1n) is 7.10. The van der Waals surface area contributed by atoms with E-state index in [0.717, 1.165) is 10.8 Å². The van der Waals surface area contributed by atoms with Crippen LogP contribution < -0.4 is 10.3 Å². The average molecular weight is 340 g/mol. The van der Waals surface area contributed by atoms with Crippen molar-refractivity contribution in [2.75, 3.05) is 5.43 Å². The molecule has 2 aromatic carbocycles. The third-order valence-corrected chi connectivity index (χ3v) is 4.77. The number of nitrogens with one attached hydrogen (secondary N) is 2. The molecular weight excluding hydrogens is 328 g/mol. The Labute approximate surface area is 137 Å². The fourth-order valence-corrected chi connectivity index (χ4v) is 3.27. The monoisotopic (exact) mass is 340 g/mol. The van der Waals surface area contributed by atoms with Gasteiger partial charge in [-0.25, -0.2) is 18.4 Å². The second-order valence-electron chi connectivity index (χ2n) is 5.06. The van der Waals surface area contributed by atoms with E-state index in [0.29, 0.717) is 11.2 Å². The lowest BCUT2D eigenvalue weighted by atomic mass is 10.1. The summed E-state index contributed by atoms with van der Waals surface area (Å²) < 4.78 is 30.6. The normalized spacial score (nSPS) is 11.8. The van der Waals surface area contributed by atoms with Crippen molar-refractivity contribution in [3.8, 4) is 0 Å². The van der Waals surface area contributed by atoms with Gasteiger partial charge < -0.3 is 4.42 Å². The predicted octanol–water partition coefficient (Wildman–Crippen LogP) is 2.68. The molecule has 4 aromatic rings. The average Bonchev–Trinajstić information content (AvgIpc) is 2.99. The Morgan fingerprint density at radius 1 is 0.875 bits per heavy atom. The molecule has 0 fully saturated rings. The number of para-hydroxylation sites is 1. The molecule has 2 heterocycles. The summed E-state index contributed by atoms with van der Waals surface area (Å²) in [5.41, 5.74) is 3.83. The van der Waals surface area contributed by atoms with Crippen molar-refractivity contribution in [2.24, 2.45) is 0 Å². The Bertz CT molecular complexity index is 1120. The smallest absolute Gasteiger partial charge is 0.257 e. The molecule has 2 N–H and O–H groups in total. The molecule has 0 unspecified atom stereocenters. The zero-order chi connectivity index (χ0) is 16.6. The molecule has 4 rings (SSSR count). The van der Waals surface area contributed by atoms with Crippen LogP contribution in [-0.2, 0) is 10.0 Å². The molecule has 0 atom stereocenters. The van der Waals surface area contributed by atoms with Gasteiger partial charge in [0.15, 0.2) is 0 Å². The first kappa shape index (κ1) is 14.6. The van der Waals surface area contributed by atoms with Crippen molar-refractivity contribution in [2.45, 2.75) is 4.90 Å². The maximum absolute atomic E-state index is 12.4. The fraction of sp³-hybridized carbons (Fsp3) is 0. The number of rotatable bonds is 4. The molecule has 0 aliphatic carbocycles. The van der Waals surface area contributed by atoms with Gasteiger partial charge in [0, 0.05) is 23.2 Å². The van der Waals surface area contributed by atoms with Crippen molar-refractivity contribution in [1.82, 2.24) is 14.8 Å². The van der Waals surface area contributed by atoms with Crippen LogP contribution in [-0.4, -0.2) is 18.4 Å². The van der Waals surface area contributed by atoms with Crippen molar-refractivity contribution in [1.29, 1.82) is 0 Å². The number of aromatic nitrogens is 2. The topological polar surface area (TPSA) is 97.1 Å². The highest BCUT2D eigenvalue weighted by molar-refractivity contribution is 7.89. The van der Waals surface area contributed by atoms with Crippen LogP contribution in [0.3, 0.4) is 0 Å². The lowest BCUT2D eigenvalue weighted by Crippen LogP contribution is -2.30. The van der Waals surface area contributed by atoms with Gasteiger partial charge >= 0.3 is 0 Å². The van der Waals surface area contributed by atoms with Gasteiger partial charge in [0.1, 0.15) is 11.2 Å². The lowest BCUT2D eigenvalue weighted by molar-refractivity contribution is 0.587. The molecule has 0 saturated carbocycles. The molecule has 0 radical (unpaired) electrons. The fourth-order valence-electron chi connectivity index (χ4n) is 2.41. The minimum absolute atomic E-state index is 0.116. The molecule has 120 valence electrons. The maximum Gasteiger partial charge on any atom is 0.257 e. The maximum atomic E-state index is 12.4. The molecule has 24 heavy (non-hydrogen) atoms. The van der Waals surface area contributed by atoms with E-state index in [1.165, 1.54) is 18.5 Å². The summed E-state index contributed by atoms with van der Waals surface area (Å²) >= 11 is 0. The highest BCUT2D eigenvalue weighted by Gasteiger charge is 2.16. The number of anilines is 1. The quantitative estimate of drug-likeness (QED) is 0.554. The molecule has 0 aliphatic rings. The number of furan rings is 1. The standard InChI is InChI=1S/C16H12N4O3S/c21-24(22,20-19-16-17-8-3-9-18-16)11-6-7-15-13(10-11)12-4-1-2-5-14(12)23-15/h1-10,20H,(H,17,18,19). The third kappa shape index (κ3) is 2.57. The Morgan fingerprint density at radius 2 is 1.62 bits per heavy atom. The van der Waals surface area contributed by atoms with Crippen LogP contribution >= 0.6 is 0 Å². The number of hydrazine groups is 1. The van der Waals surface area contributed by atoms with Crippen LogP contribution in [0.4, 0.5) is 5.95 Å². The minimum Gasteiger partial charge on any atom is -0.456 e. The summed E-state index contributed by atoms with van der Waals surface area (Å²) in [4.78, 5) is 10.2. The van der Waals surface area contributed by atoms with Crippen molar-refractivity contribution in [3.05, 3.63) is 60.9 Å². The number of nitrogens with zero attached hydrogens (tertiary/aromatic N) is 2. The van der Waals surface area contributed by atoms with Crippen LogP contribution in [0.2, 0.25) is 0 Å². The summed E-state index contributed by atoms with van der Waals surface area (Å²) in [6.45, 7) is 0. The van der Waals surface area contributed by atoms with Crippen molar-refractivity contribution < 1.29 is 12.8 Å². The van der Waals surface area contributed by atoms with Crippen LogP contribution in [0.5, 0.6) is 0 Å². The largest absolute Gasteiger partial charge is 0.456 e. The number of fused-ring (bicyclic) bond motifs is 3. The zero-order valence-corrected chi connectivity index (χ0v) is 13.1. The first-order chi connectivity index (χ1) is 11.6. The van der Waals surface area contributed by atoms with Crippen LogP contribution in [0.25, 0.3) is 21.9 Å². The van der Waals surface area contributed by atoms with Gasteiger partial charge in [0.25, 0.3) is 10.0 Å². The van der Waals surface area contributed by atoms with Crippen LogP contribution in [0, 0.1) is 0 Å². The van der Waals surface area contributed by atoms with E-state index in [4.69, 9.17) is 4.42 Å². The Balaban J connectivity index is 1.71. The molecule has 2 aromatic heterocycles. The summed E-state index contributed by atoms with van der Waals surface area (Å²) in [5.74, 6) is 0.163. The van der Waals surface area contributed by atoms with Gasteiger partial charge in [-0.15, -0.1) is 4.83 Å². The van der Waals surface area contributed by atoms with Gasteiger partial charge in [0.2, 0.25) is 5.95 Å². The van der Waals surface area contributed by atoms with Crippen LogP contribution in [0.1, 0.15) is 0 Å². The molecule has 7 nitrogen and oxygen atoms in total. The van der Waals surface area contributed by atoms with Crippen molar-refractivity contribution in [3.63, 3.8) is 0 Å². The van der Waals surface area contributed by atoms with E-state index >= 15 is 0 Å². The van der Waals surface area contributed by atoms with E-state index in [1.807, 2.05) is 24.3 Å². The molecule has 0 aliphatic heterocycles. The second-order valence-corrected chi connectivity index (χ2v) is 6.74. The first-order valence-corrected chi connectivity index (χ1v) is 8.58. The highest BCUT2D eigenvalue weighted by atomic mass is 32.2. The third-order valence-electron chi connectivity index (χ3n) is 3.52. The Morgan fingerprint density at radius 3 is 2.46 bits per heavy atom. The number of hydrogen-bond donors (Lipinski definition) is 2. The van der Waals surface area contributed by atoms with Crippen LogP contribution in [0.15, 0.2) is 70.2 Å². The molecule has 0 spiro atoms. The van der Waals surface area contributed by atoms with Gasteiger partial charge in [0.05, 0.1) is 4.90 Å². The Kier molecular flexibility index (Phi) is 3.40. The molecule has 8 heteroatoms. The number of sulfonamides is 1. The Hall–Kier alpha value is -2.97. The number of benzene rings is 2. The lowest BCUT2D eigenvalue weighted by Gasteiger charge is -2.07. The van der Waals surface area contributed by atoms with Gasteiger partial charge in [-0.05, 0) is 30.3 Å². The minimum atomic E-state index is -3.78. The van der Waals surface area contributed by atoms with E-state index in [9.17, 15) is 8.42 Å². The second kappa shape index (κ2) is 5.59. The molecular formula is C16H12N4O3S. The molecule has 0 saturated heterocycles. The van der Waals surface area contributed by atoms with Crippen molar-refractivity contribution >= 4 is 37.9 Å². The number of hydrogen-bond acceptors (Lipinski definition) is 6. The van der Waals surface area contributed by atoms with E-state index in [-0.39, 0.29) is 10.8 Å². The predicted molar refractivity (Wildman–Crippen MR) is 89.7 cm³/mol. The van der Waals surface area contributed by atoms with Gasteiger partial charge in [-0.1, -0.05) is 18.2 Å². The molecule has 0 bridgehead atoms.